The monoisotopic (exact) mass is 340 g/mol. The number of hydrogen-bond acceptors (Lipinski definition) is 4. The van der Waals surface area contributed by atoms with Gasteiger partial charge < -0.3 is 10.0 Å². The van der Waals surface area contributed by atoms with Crippen LogP contribution in [0, 0.1) is 5.92 Å². The standard InChI is InChI=1S/C16H24N2O4S/c1-23(21,22)17-7-5-16(20)18-8-6-14(11-18)9-13-3-2-4-15(10-13)12-19/h2-4,10,14,17,19H,5-9,11-12H2,1H3. The Morgan fingerprint density at radius 3 is 2.83 bits per heavy atom. The second kappa shape index (κ2) is 7.90. The van der Waals surface area contributed by atoms with Crippen molar-refractivity contribution < 1.29 is 18.3 Å². The zero-order valence-corrected chi connectivity index (χ0v) is 14.2. The normalized spacial score (nSPS) is 18.3. The van der Waals surface area contributed by atoms with Gasteiger partial charge in [-0.05, 0) is 29.9 Å². The van der Waals surface area contributed by atoms with E-state index in [0.717, 1.165) is 31.2 Å². The molecule has 1 heterocycles. The van der Waals surface area contributed by atoms with Gasteiger partial charge in [0.1, 0.15) is 0 Å². The van der Waals surface area contributed by atoms with Gasteiger partial charge in [0.15, 0.2) is 0 Å². The van der Waals surface area contributed by atoms with Crippen LogP contribution in [0.2, 0.25) is 0 Å². The fourth-order valence-corrected chi connectivity index (χ4v) is 3.39. The maximum absolute atomic E-state index is 12.1. The number of carbonyl (C=O) groups excluding carboxylic acids is 1. The molecule has 1 atom stereocenters. The van der Waals surface area contributed by atoms with Gasteiger partial charge in [0, 0.05) is 26.1 Å². The molecule has 1 unspecified atom stereocenters. The van der Waals surface area contributed by atoms with Crippen LogP contribution in [0.1, 0.15) is 24.0 Å². The molecule has 1 aromatic rings. The van der Waals surface area contributed by atoms with Crippen LogP contribution < -0.4 is 4.72 Å². The third-order valence-electron chi connectivity index (χ3n) is 4.04. The van der Waals surface area contributed by atoms with Crippen LogP contribution in [-0.4, -0.2) is 50.2 Å². The molecule has 7 heteroatoms. The van der Waals surface area contributed by atoms with Gasteiger partial charge in [0.2, 0.25) is 15.9 Å². The second-order valence-corrected chi connectivity index (χ2v) is 7.93. The molecule has 0 saturated carbocycles. The van der Waals surface area contributed by atoms with E-state index in [1.807, 2.05) is 29.2 Å². The summed E-state index contributed by atoms with van der Waals surface area (Å²) in [5, 5.41) is 9.18. The first-order valence-corrected chi connectivity index (χ1v) is 9.67. The Balaban J connectivity index is 1.80. The van der Waals surface area contributed by atoms with Crippen molar-refractivity contribution in [3.8, 4) is 0 Å². The van der Waals surface area contributed by atoms with Gasteiger partial charge in [0.05, 0.1) is 12.9 Å². The van der Waals surface area contributed by atoms with Crippen molar-refractivity contribution in [2.45, 2.75) is 25.9 Å². The molecule has 0 spiro atoms. The Hall–Kier alpha value is -1.44. The molecule has 128 valence electrons. The van der Waals surface area contributed by atoms with Crippen molar-refractivity contribution in [3.63, 3.8) is 0 Å². The van der Waals surface area contributed by atoms with Crippen LogP contribution in [0.15, 0.2) is 24.3 Å². The average Bonchev–Trinajstić information content (AvgIpc) is 2.94. The third kappa shape index (κ3) is 5.93. The summed E-state index contributed by atoms with van der Waals surface area (Å²) in [4.78, 5) is 13.9. The van der Waals surface area contributed by atoms with Crippen molar-refractivity contribution in [3.05, 3.63) is 35.4 Å². The average molecular weight is 340 g/mol. The molecule has 0 aliphatic carbocycles. The van der Waals surface area contributed by atoms with E-state index in [0.29, 0.717) is 12.5 Å². The summed E-state index contributed by atoms with van der Waals surface area (Å²) in [6.45, 7) is 1.62. The molecule has 0 radical (unpaired) electrons. The summed E-state index contributed by atoms with van der Waals surface area (Å²) in [5.74, 6) is 0.406. The first kappa shape index (κ1) is 17.9. The molecule has 2 N–H and O–H groups in total. The maximum atomic E-state index is 12.1. The van der Waals surface area contributed by atoms with Gasteiger partial charge in [-0.3, -0.25) is 4.79 Å². The number of likely N-dealkylation sites (tertiary alicyclic amines) is 1. The van der Waals surface area contributed by atoms with Crippen LogP contribution in [0.3, 0.4) is 0 Å². The van der Waals surface area contributed by atoms with Gasteiger partial charge >= 0.3 is 0 Å². The highest BCUT2D eigenvalue weighted by Crippen LogP contribution is 2.22. The van der Waals surface area contributed by atoms with Crippen LogP contribution in [0.4, 0.5) is 0 Å². The summed E-state index contributed by atoms with van der Waals surface area (Å²) < 4.78 is 24.3. The molecule has 2 rings (SSSR count). The Labute approximate surface area is 137 Å². The Kier molecular flexibility index (Phi) is 6.15. The van der Waals surface area contributed by atoms with Crippen molar-refractivity contribution in [2.24, 2.45) is 5.92 Å². The molecule has 1 aliphatic rings. The molecule has 0 bridgehead atoms. The van der Waals surface area contributed by atoms with E-state index in [9.17, 15) is 18.3 Å². The van der Waals surface area contributed by atoms with Crippen LogP contribution in [0.25, 0.3) is 0 Å². The highest BCUT2D eigenvalue weighted by atomic mass is 32.2. The van der Waals surface area contributed by atoms with E-state index in [2.05, 4.69) is 4.72 Å². The summed E-state index contributed by atoms with van der Waals surface area (Å²) >= 11 is 0. The first-order valence-electron chi connectivity index (χ1n) is 7.78. The third-order valence-corrected chi connectivity index (χ3v) is 4.77. The van der Waals surface area contributed by atoms with Gasteiger partial charge in [-0.25, -0.2) is 13.1 Å². The molecular formula is C16H24N2O4S. The Bertz CT molecular complexity index is 645. The number of amides is 1. The molecule has 1 aromatic carbocycles. The molecular weight excluding hydrogens is 316 g/mol. The van der Waals surface area contributed by atoms with E-state index in [1.165, 1.54) is 5.56 Å². The van der Waals surface area contributed by atoms with Crippen molar-refractivity contribution >= 4 is 15.9 Å². The lowest BCUT2D eigenvalue weighted by molar-refractivity contribution is -0.130. The van der Waals surface area contributed by atoms with Gasteiger partial charge in [-0.15, -0.1) is 0 Å². The van der Waals surface area contributed by atoms with Gasteiger partial charge in [-0.1, -0.05) is 24.3 Å². The number of nitrogens with zero attached hydrogens (tertiary/aromatic N) is 1. The number of rotatable bonds is 7. The maximum Gasteiger partial charge on any atom is 0.223 e. The minimum atomic E-state index is -3.24. The molecule has 1 saturated heterocycles. The molecule has 1 fully saturated rings. The molecule has 1 amide bonds. The SMILES string of the molecule is CS(=O)(=O)NCCC(=O)N1CCC(Cc2cccc(CO)c2)C1. The van der Waals surface area contributed by atoms with Crippen molar-refractivity contribution in [2.75, 3.05) is 25.9 Å². The summed E-state index contributed by atoms with van der Waals surface area (Å²) in [6.07, 6.45) is 3.12. The molecule has 1 aliphatic heterocycles. The quantitative estimate of drug-likeness (QED) is 0.757. The summed E-state index contributed by atoms with van der Waals surface area (Å²) in [7, 11) is -3.24. The minimum Gasteiger partial charge on any atom is -0.392 e. The van der Waals surface area contributed by atoms with Crippen LogP contribution in [0.5, 0.6) is 0 Å². The number of sulfonamides is 1. The topological polar surface area (TPSA) is 86.7 Å². The largest absolute Gasteiger partial charge is 0.392 e. The fourth-order valence-electron chi connectivity index (χ4n) is 2.92. The second-order valence-electron chi connectivity index (χ2n) is 6.09. The minimum absolute atomic E-state index is 0.00670. The van der Waals surface area contributed by atoms with Crippen molar-refractivity contribution in [1.82, 2.24) is 9.62 Å². The smallest absolute Gasteiger partial charge is 0.223 e. The number of benzene rings is 1. The predicted octanol–water partition coefficient (Wildman–Crippen LogP) is 0.509. The van der Waals surface area contributed by atoms with Gasteiger partial charge in [-0.2, -0.15) is 0 Å². The number of carbonyl (C=O) groups is 1. The molecule has 0 aromatic heterocycles. The Morgan fingerprint density at radius 1 is 1.39 bits per heavy atom. The van der Waals surface area contributed by atoms with E-state index in [-0.39, 0.29) is 25.5 Å². The van der Waals surface area contributed by atoms with E-state index in [4.69, 9.17) is 0 Å². The lowest BCUT2D eigenvalue weighted by Crippen LogP contribution is -2.33. The lowest BCUT2D eigenvalue weighted by Gasteiger charge is -2.17. The van der Waals surface area contributed by atoms with Gasteiger partial charge in [0.25, 0.3) is 0 Å². The molecule has 23 heavy (non-hydrogen) atoms. The number of aliphatic hydroxyl groups is 1. The zero-order chi connectivity index (χ0) is 16.9. The predicted molar refractivity (Wildman–Crippen MR) is 88.2 cm³/mol. The van der Waals surface area contributed by atoms with Crippen LogP contribution >= 0.6 is 0 Å². The number of nitrogens with one attached hydrogen (secondary N) is 1. The van der Waals surface area contributed by atoms with E-state index < -0.39 is 10.0 Å². The Morgan fingerprint density at radius 2 is 2.13 bits per heavy atom. The van der Waals surface area contributed by atoms with E-state index in [1.54, 1.807) is 0 Å². The summed E-state index contributed by atoms with van der Waals surface area (Å²) in [6, 6.07) is 7.87. The first-order chi connectivity index (χ1) is 10.9. The highest BCUT2D eigenvalue weighted by molar-refractivity contribution is 7.88. The number of aliphatic hydroxyl groups excluding tert-OH is 1. The van der Waals surface area contributed by atoms with Crippen molar-refractivity contribution in [1.29, 1.82) is 0 Å². The summed E-state index contributed by atoms with van der Waals surface area (Å²) in [5.41, 5.74) is 2.08. The lowest BCUT2D eigenvalue weighted by atomic mass is 9.97. The number of hydrogen-bond donors (Lipinski definition) is 2. The van der Waals surface area contributed by atoms with E-state index >= 15 is 0 Å². The molecule has 6 nitrogen and oxygen atoms in total. The highest BCUT2D eigenvalue weighted by Gasteiger charge is 2.26. The van der Waals surface area contributed by atoms with Crippen LogP contribution in [-0.2, 0) is 27.8 Å². The fraction of sp³-hybridized carbons (Fsp3) is 0.562. The zero-order valence-electron chi connectivity index (χ0n) is 13.4.